The molecule has 1 saturated carbocycles. The number of aryl methyl sites for hydroxylation is 1. The van der Waals surface area contributed by atoms with E-state index in [-0.39, 0.29) is 17.1 Å². The van der Waals surface area contributed by atoms with Crippen LogP contribution in [0.3, 0.4) is 0 Å². The van der Waals surface area contributed by atoms with E-state index in [9.17, 15) is 9.18 Å². The van der Waals surface area contributed by atoms with Crippen LogP contribution in [0.5, 0.6) is 0 Å². The van der Waals surface area contributed by atoms with Crippen LogP contribution < -0.4 is 5.32 Å². The van der Waals surface area contributed by atoms with Crippen LogP contribution in [-0.4, -0.2) is 22.2 Å². The number of carbonyl (C=O) groups is 1. The number of hydrogen-bond acceptors (Lipinski definition) is 2. The highest BCUT2D eigenvalue weighted by atomic mass is 19.1. The summed E-state index contributed by atoms with van der Waals surface area (Å²) in [5.74, 6) is -0.259. The molecular weight excluding hydrogens is 329 g/mol. The first-order valence-electron chi connectivity index (χ1n) is 9.30. The summed E-state index contributed by atoms with van der Waals surface area (Å²) in [4.78, 5) is 13.0. The minimum atomic E-state index is -0.565. The zero-order valence-corrected chi connectivity index (χ0v) is 16.3. The molecule has 0 aliphatic heterocycles. The maximum absolute atomic E-state index is 13.3. The molecule has 5 heteroatoms. The summed E-state index contributed by atoms with van der Waals surface area (Å²) in [5.41, 5.74) is 3.71. The lowest BCUT2D eigenvalue weighted by Gasteiger charge is -2.21. The van der Waals surface area contributed by atoms with Crippen molar-refractivity contribution in [3.05, 3.63) is 52.6 Å². The van der Waals surface area contributed by atoms with Crippen LogP contribution >= 0.6 is 0 Å². The van der Waals surface area contributed by atoms with Crippen molar-refractivity contribution in [1.29, 1.82) is 0 Å². The quantitative estimate of drug-likeness (QED) is 0.857. The average molecular weight is 357 g/mol. The van der Waals surface area contributed by atoms with Gasteiger partial charge in [-0.05, 0) is 55.4 Å². The van der Waals surface area contributed by atoms with E-state index >= 15 is 0 Å². The number of aromatic nitrogens is 2. The van der Waals surface area contributed by atoms with Gasteiger partial charge in [0.1, 0.15) is 5.82 Å². The largest absolute Gasteiger partial charge is 0.353 e. The second-order valence-corrected chi connectivity index (χ2v) is 7.95. The zero-order valence-electron chi connectivity index (χ0n) is 16.3. The molecule has 26 heavy (non-hydrogen) atoms. The Morgan fingerprint density at radius 1 is 1.27 bits per heavy atom. The lowest BCUT2D eigenvalue weighted by molar-refractivity contribution is -0.124. The van der Waals surface area contributed by atoms with Gasteiger partial charge < -0.3 is 5.32 Å². The first kappa shape index (κ1) is 18.6. The molecule has 3 rings (SSSR count). The van der Waals surface area contributed by atoms with Crippen molar-refractivity contribution in [2.24, 2.45) is 5.41 Å². The predicted molar refractivity (Wildman–Crippen MR) is 101 cm³/mol. The van der Waals surface area contributed by atoms with Gasteiger partial charge in [-0.15, -0.1) is 0 Å². The smallest absolute Gasteiger partial charge is 0.231 e. The summed E-state index contributed by atoms with van der Waals surface area (Å²) in [6.07, 6.45) is 1.74. The topological polar surface area (TPSA) is 46.9 Å². The van der Waals surface area contributed by atoms with E-state index in [1.54, 1.807) is 12.1 Å². The second-order valence-electron chi connectivity index (χ2n) is 7.95. The molecule has 1 fully saturated rings. The molecule has 1 aliphatic rings. The van der Waals surface area contributed by atoms with Gasteiger partial charge in [-0.2, -0.15) is 5.10 Å². The van der Waals surface area contributed by atoms with Gasteiger partial charge in [0.25, 0.3) is 0 Å². The van der Waals surface area contributed by atoms with Gasteiger partial charge in [-0.25, -0.2) is 4.39 Å². The third-order valence-corrected chi connectivity index (χ3v) is 5.96. The second kappa shape index (κ2) is 6.53. The summed E-state index contributed by atoms with van der Waals surface area (Å²) in [6, 6.07) is 6.33. The SMILES string of the molecule is CCc1c(C)nn(CCNC(=O)[C@@]2(c3ccc(F)cc3)CC2(C)C)c1C. The zero-order chi connectivity index (χ0) is 19.1. The van der Waals surface area contributed by atoms with Gasteiger partial charge in [-0.3, -0.25) is 9.48 Å². The monoisotopic (exact) mass is 357 g/mol. The number of rotatable bonds is 6. The van der Waals surface area contributed by atoms with E-state index in [1.807, 2.05) is 11.6 Å². The number of nitrogens with one attached hydrogen (secondary N) is 1. The molecule has 0 radical (unpaired) electrons. The van der Waals surface area contributed by atoms with Crippen LogP contribution in [-0.2, 0) is 23.2 Å². The third kappa shape index (κ3) is 2.93. The maximum Gasteiger partial charge on any atom is 0.231 e. The van der Waals surface area contributed by atoms with Crippen molar-refractivity contribution < 1.29 is 9.18 Å². The molecule has 2 aromatic rings. The molecule has 1 N–H and O–H groups in total. The first-order valence-corrected chi connectivity index (χ1v) is 9.30. The number of carbonyl (C=O) groups excluding carboxylic acids is 1. The van der Waals surface area contributed by atoms with Crippen LogP contribution in [0.1, 0.15) is 49.7 Å². The standard InChI is InChI=1S/C21H28FN3O/c1-6-18-14(2)24-25(15(18)3)12-11-23-19(26)21(13-20(21,4)5)16-7-9-17(22)10-8-16/h7-10H,6,11-13H2,1-5H3,(H,23,26)/t21-/m0/s1. The van der Waals surface area contributed by atoms with Gasteiger partial charge in [0.2, 0.25) is 5.91 Å². The van der Waals surface area contributed by atoms with E-state index in [0.717, 1.165) is 24.1 Å². The molecule has 1 heterocycles. The highest BCUT2D eigenvalue weighted by molar-refractivity contribution is 5.93. The van der Waals surface area contributed by atoms with Gasteiger partial charge in [0.15, 0.2) is 0 Å². The minimum Gasteiger partial charge on any atom is -0.353 e. The molecule has 4 nitrogen and oxygen atoms in total. The van der Waals surface area contributed by atoms with Gasteiger partial charge >= 0.3 is 0 Å². The van der Waals surface area contributed by atoms with E-state index < -0.39 is 5.41 Å². The molecule has 1 atom stereocenters. The lowest BCUT2D eigenvalue weighted by atomic mass is 9.87. The van der Waals surface area contributed by atoms with Gasteiger partial charge in [-0.1, -0.05) is 32.9 Å². The fraction of sp³-hybridized carbons (Fsp3) is 0.524. The number of benzene rings is 1. The van der Waals surface area contributed by atoms with Crippen molar-refractivity contribution in [2.75, 3.05) is 6.54 Å². The Morgan fingerprint density at radius 3 is 2.38 bits per heavy atom. The third-order valence-electron chi connectivity index (χ3n) is 5.96. The number of amides is 1. The highest BCUT2D eigenvalue weighted by Crippen LogP contribution is 2.64. The van der Waals surface area contributed by atoms with Crippen molar-refractivity contribution in [3.8, 4) is 0 Å². The Kier molecular flexibility index (Phi) is 4.67. The van der Waals surface area contributed by atoms with Gasteiger partial charge in [0.05, 0.1) is 17.7 Å². The number of hydrogen-bond donors (Lipinski definition) is 1. The predicted octanol–water partition coefficient (Wildman–Crippen LogP) is 3.69. The molecule has 1 aromatic carbocycles. The van der Waals surface area contributed by atoms with E-state index in [1.165, 1.54) is 23.4 Å². The Morgan fingerprint density at radius 2 is 1.88 bits per heavy atom. The molecule has 140 valence electrons. The summed E-state index contributed by atoms with van der Waals surface area (Å²) in [5, 5.41) is 7.66. The summed E-state index contributed by atoms with van der Waals surface area (Å²) in [6.45, 7) is 11.6. The van der Waals surface area contributed by atoms with E-state index in [2.05, 4.69) is 38.1 Å². The van der Waals surface area contributed by atoms with Crippen LogP contribution in [0, 0.1) is 25.1 Å². The molecule has 0 saturated heterocycles. The van der Waals surface area contributed by atoms with Crippen molar-refractivity contribution in [2.45, 2.75) is 59.4 Å². The Labute approximate surface area is 154 Å². The van der Waals surface area contributed by atoms with Crippen molar-refractivity contribution in [3.63, 3.8) is 0 Å². The molecule has 1 aliphatic carbocycles. The van der Waals surface area contributed by atoms with Crippen molar-refractivity contribution in [1.82, 2.24) is 15.1 Å². The van der Waals surface area contributed by atoms with Crippen LogP contribution in [0.25, 0.3) is 0 Å². The molecular formula is C21H28FN3O. The minimum absolute atomic E-state index is 0.0198. The summed E-state index contributed by atoms with van der Waals surface area (Å²) >= 11 is 0. The molecule has 1 aromatic heterocycles. The Hall–Kier alpha value is -2.17. The fourth-order valence-electron chi connectivity index (χ4n) is 4.25. The molecule has 0 unspecified atom stereocenters. The van der Waals surface area contributed by atoms with Gasteiger partial charge in [0, 0.05) is 12.2 Å². The Bertz CT molecular complexity index is 823. The average Bonchev–Trinajstić information content (AvgIpc) is 3.07. The fourth-order valence-corrected chi connectivity index (χ4v) is 4.25. The maximum atomic E-state index is 13.3. The normalized spacial score (nSPS) is 20.8. The highest BCUT2D eigenvalue weighted by Gasteiger charge is 2.66. The van der Waals surface area contributed by atoms with E-state index in [0.29, 0.717) is 13.1 Å². The number of nitrogens with zero attached hydrogens (tertiary/aromatic N) is 2. The first-order chi connectivity index (χ1) is 12.2. The van der Waals surface area contributed by atoms with Crippen LogP contribution in [0.4, 0.5) is 4.39 Å². The van der Waals surface area contributed by atoms with Crippen LogP contribution in [0.2, 0.25) is 0 Å². The van der Waals surface area contributed by atoms with Crippen LogP contribution in [0.15, 0.2) is 24.3 Å². The number of halogens is 1. The summed E-state index contributed by atoms with van der Waals surface area (Å²) in [7, 11) is 0. The Balaban J connectivity index is 1.70. The summed E-state index contributed by atoms with van der Waals surface area (Å²) < 4.78 is 15.2. The lowest BCUT2D eigenvalue weighted by Crippen LogP contribution is -2.39. The molecule has 0 spiro atoms. The molecule has 0 bridgehead atoms. The van der Waals surface area contributed by atoms with E-state index in [4.69, 9.17) is 0 Å². The van der Waals surface area contributed by atoms with Crippen molar-refractivity contribution >= 4 is 5.91 Å². The molecule has 1 amide bonds.